The van der Waals surface area contributed by atoms with E-state index >= 15 is 0 Å². The number of aromatic hydroxyl groups is 1. The van der Waals surface area contributed by atoms with Crippen LogP contribution < -0.4 is 14.9 Å². The van der Waals surface area contributed by atoms with E-state index in [1.807, 2.05) is 13.0 Å². The van der Waals surface area contributed by atoms with Crippen molar-refractivity contribution < 1.29 is 52.7 Å². The van der Waals surface area contributed by atoms with Crippen molar-refractivity contribution in [3.63, 3.8) is 0 Å². The number of ketones is 1. The Bertz CT molecular complexity index is 1900. The van der Waals surface area contributed by atoms with E-state index in [9.17, 15) is 29.4 Å². The van der Waals surface area contributed by atoms with Gasteiger partial charge in [-0.05, 0) is 56.2 Å². The van der Waals surface area contributed by atoms with E-state index in [2.05, 4.69) is 4.74 Å². The molecule has 0 fully saturated rings. The average Bonchev–Trinajstić information content (AvgIpc) is 3.54. The first-order chi connectivity index (χ1) is 23.0. The van der Waals surface area contributed by atoms with Gasteiger partial charge in [0.1, 0.15) is 35.2 Å². The van der Waals surface area contributed by atoms with Gasteiger partial charge in [0.25, 0.3) is 5.95 Å². The minimum atomic E-state index is -1.63. The van der Waals surface area contributed by atoms with Crippen LogP contribution in [-0.2, 0) is 11.2 Å². The minimum Gasteiger partial charge on any atom is -0.507 e. The molecule has 0 aliphatic heterocycles. The summed E-state index contributed by atoms with van der Waals surface area (Å²) >= 11 is 1.19. The first-order valence-corrected chi connectivity index (χ1v) is 15.7. The number of esters is 1. The van der Waals surface area contributed by atoms with Crippen LogP contribution in [0, 0.1) is 0 Å². The third-order valence-electron chi connectivity index (χ3n) is 6.99. The molecule has 252 valence electrons. The number of thioether (sulfide) groups is 1. The number of benzene rings is 2. The quantitative estimate of drug-likeness (QED) is 0.0390. The van der Waals surface area contributed by atoms with Crippen LogP contribution in [0.2, 0.25) is 0 Å². The maximum Gasteiger partial charge on any atom is 0.513 e. The molecule has 3 N–H and O–H groups in total. The van der Waals surface area contributed by atoms with E-state index in [0.717, 1.165) is 12.5 Å². The van der Waals surface area contributed by atoms with E-state index in [-0.39, 0.29) is 39.4 Å². The number of phenols is 1. The first-order valence-electron chi connectivity index (χ1n) is 14.8. The number of furan rings is 1. The largest absolute Gasteiger partial charge is 0.513 e. The Kier molecular flexibility index (Phi) is 12.2. The van der Waals surface area contributed by atoms with E-state index < -0.39 is 34.9 Å². The molecule has 0 aliphatic rings. The SMILES string of the molecule is CCCc1c(OCC/C=C\C=C\[C@H](Sc2ccc3c(=O)cc(OC(=O)O)oc3c2)[C@H](O)c2cc(C(=O)OC)co2)ccc(C(C)=O)c1O. The van der Waals surface area contributed by atoms with Crippen LogP contribution in [0.1, 0.15) is 64.8 Å². The molecule has 4 aromatic rings. The molecule has 0 saturated carbocycles. The van der Waals surface area contributed by atoms with Crippen molar-refractivity contribution in [3.05, 3.63) is 106 Å². The number of methoxy groups -OCH3 is 1. The van der Waals surface area contributed by atoms with E-state index in [1.165, 1.54) is 50.3 Å². The van der Waals surface area contributed by atoms with Crippen molar-refractivity contribution in [2.75, 3.05) is 13.7 Å². The van der Waals surface area contributed by atoms with Gasteiger partial charge in [0, 0.05) is 10.5 Å². The number of Topliss-reactive ketones (excluding diaryl/α,β-unsaturated/α-hetero) is 1. The maximum absolute atomic E-state index is 12.4. The molecule has 0 aliphatic carbocycles. The molecule has 48 heavy (non-hydrogen) atoms. The lowest BCUT2D eigenvalue weighted by Crippen LogP contribution is -2.12. The number of carboxylic acid groups (broad SMARTS) is 1. The number of ether oxygens (including phenoxy) is 3. The number of aliphatic hydroxyl groups excluding tert-OH is 1. The van der Waals surface area contributed by atoms with E-state index in [0.29, 0.717) is 35.7 Å². The summed E-state index contributed by atoms with van der Waals surface area (Å²) in [6.45, 7) is 3.67. The summed E-state index contributed by atoms with van der Waals surface area (Å²) in [6.07, 6.45) is 7.21. The third-order valence-corrected chi connectivity index (χ3v) is 8.20. The highest BCUT2D eigenvalue weighted by molar-refractivity contribution is 8.00. The molecular formula is C35H34O12S. The topological polar surface area (TPSA) is 183 Å². The lowest BCUT2D eigenvalue weighted by molar-refractivity contribution is 0.0599. The minimum absolute atomic E-state index is 0.0553. The Morgan fingerprint density at radius 1 is 1.08 bits per heavy atom. The number of allylic oxidation sites excluding steroid dienone is 2. The highest BCUT2D eigenvalue weighted by Crippen LogP contribution is 2.36. The summed E-state index contributed by atoms with van der Waals surface area (Å²) in [5.41, 5.74) is 0.565. The van der Waals surface area contributed by atoms with Crippen LogP contribution in [0.3, 0.4) is 0 Å². The third kappa shape index (κ3) is 8.96. The average molecular weight is 679 g/mol. The molecule has 0 amide bonds. The lowest BCUT2D eigenvalue weighted by atomic mass is 10.0. The van der Waals surface area contributed by atoms with Crippen LogP contribution >= 0.6 is 11.8 Å². The molecule has 2 aromatic carbocycles. The Hall–Kier alpha value is -5.27. The number of carbonyl (C=O) groups is 3. The summed E-state index contributed by atoms with van der Waals surface area (Å²) in [4.78, 5) is 47.7. The second kappa shape index (κ2) is 16.5. The van der Waals surface area contributed by atoms with Gasteiger partial charge in [-0.3, -0.25) is 9.59 Å². The first kappa shape index (κ1) is 35.6. The standard InChI is InChI=1S/C35H34O12S/c1-4-9-25-27(14-13-23(20(2)36)32(25)38)44-15-8-6-5-7-10-30(33(39)29-16-21(19-45-29)34(40)43-3)48-22-11-12-24-26(37)18-31(47-35(41)42)46-28(24)17-22/h5-7,10-14,16-19,30,33,38-39H,4,8-9,15H2,1-3H3,(H,41,42)/b6-5-,10-7+/t30-,33+/m0/s1. The van der Waals surface area contributed by atoms with Gasteiger partial charge in [0.2, 0.25) is 0 Å². The van der Waals surface area contributed by atoms with Crippen molar-refractivity contribution >= 4 is 40.6 Å². The van der Waals surface area contributed by atoms with Crippen molar-refractivity contribution in [2.24, 2.45) is 0 Å². The molecule has 4 rings (SSSR count). The van der Waals surface area contributed by atoms with Gasteiger partial charge in [-0.15, -0.1) is 11.8 Å². The van der Waals surface area contributed by atoms with E-state index in [1.54, 1.807) is 36.4 Å². The number of fused-ring (bicyclic) bond motifs is 1. The predicted molar refractivity (Wildman–Crippen MR) is 176 cm³/mol. The summed E-state index contributed by atoms with van der Waals surface area (Å²) in [6, 6.07) is 10.2. The molecule has 0 spiro atoms. The molecule has 2 atom stereocenters. The molecule has 13 heteroatoms. The lowest BCUT2D eigenvalue weighted by Gasteiger charge is -2.18. The second-order valence-electron chi connectivity index (χ2n) is 10.4. The van der Waals surface area contributed by atoms with Crippen LogP contribution in [0.4, 0.5) is 4.79 Å². The summed E-state index contributed by atoms with van der Waals surface area (Å²) in [7, 11) is 1.23. The van der Waals surface area contributed by atoms with Gasteiger partial charge in [0.05, 0.1) is 41.5 Å². The smallest absolute Gasteiger partial charge is 0.507 e. The van der Waals surface area contributed by atoms with Crippen LogP contribution in [0.15, 0.2) is 91.6 Å². The molecule has 0 bridgehead atoms. The van der Waals surface area contributed by atoms with Gasteiger partial charge in [-0.1, -0.05) is 37.6 Å². The maximum atomic E-state index is 12.4. The second-order valence-corrected chi connectivity index (χ2v) is 11.7. The molecule has 2 heterocycles. The van der Waals surface area contributed by atoms with E-state index in [4.69, 9.17) is 23.4 Å². The van der Waals surface area contributed by atoms with Crippen molar-refractivity contribution in [1.82, 2.24) is 0 Å². The summed E-state index contributed by atoms with van der Waals surface area (Å²) < 4.78 is 26.0. The highest BCUT2D eigenvalue weighted by Gasteiger charge is 2.25. The number of aliphatic hydroxyl groups is 1. The fourth-order valence-corrected chi connectivity index (χ4v) is 5.77. The summed E-state index contributed by atoms with van der Waals surface area (Å²) in [5.74, 6) is -0.763. The number of phenolic OH excluding ortho intramolecular Hbond substituents is 1. The fourth-order valence-electron chi connectivity index (χ4n) is 4.70. The van der Waals surface area contributed by atoms with Crippen LogP contribution in [0.25, 0.3) is 11.0 Å². The Balaban J connectivity index is 1.51. The van der Waals surface area contributed by atoms with Crippen molar-refractivity contribution in [1.29, 1.82) is 0 Å². The Morgan fingerprint density at radius 3 is 2.58 bits per heavy atom. The number of hydrogen-bond donors (Lipinski definition) is 3. The molecule has 12 nitrogen and oxygen atoms in total. The molecule has 0 saturated heterocycles. The van der Waals surface area contributed by atoms with Crippen molar-refractivity contribution in [3.8, 4) is 17.4 Å². The zero-order valence-corrected chi connectivity index (χ0v) is 27.2. The Morgan fingerprint density at radius 2 is 1.88 bits per heavy atom. The molecule has 0 unspecified atom stereocenters. The zero-order valence-electron chi connectivity index (χ0n) is 26.3. The normalized spacial score (nSPS) is 12.8. The van der Waals surface area contributed by atoms with Gasteiger partial charge < -0.3 is 38.4 Å². The number of rotatable bonds is 15. The molecule has 0 radical (unpaired) electrons. The zero-order chi connectivity index (χ0) is 34.8. The predicted octanol–water partition coefficient (Wildman–Crippen LogP) is 6.87. The summed E-state index contributed by atoms with van der Waals surface area (Å²) in [5, 5.41) is 30.2. The molecular weight excluding hydrogens is 644 g/mol. The number of hydrogen-bond acceptors (Lipinski definition) is 12. The monoisotopic (exact) mass is 678 g/mol. The molecule has 2 aromatic heterocycles. The van der Waals surface area contributed by atoms with Gasteiger partial charge in [-0.25, -0.2) is 9.59 Å². The van der Waals surface area contributed by atoms with Crippen LogP contribution in [-0.4, -0.2) is 52.2 Å². The fraction of sp³-hybridized carbons (Fsp3) is 0.257. The van der Waals surface area contributed by atoms with Crippen molar-refractivity contribution in [2.45, 2.75) is 49.4 Å². The highest BCUT2D eigenvalue weighted by atomic mass is 32.2. The Labute approximate surface area is 279 Å². The van der Waals surface area contributed by atoms with Crippen LogP contribution in [0.5, 0.6) is 17.4 Å². The number of carbonyl (C=O) groups excluding carboxylic acids is 2. The van der Waals surface area contributed by atoms with Gasteiger partial charge in [0.15, 0.2) is 11.2 Å². The van der Waals surface area contributed by atoms with Gasteiger partial charge in [-0.2, -0.15) is 0 Å². The van der Waals surface area contributed by atoms with Gasteiger partial charge >= 0.3 is 12.1 Å².